The Morgan fingerprint density at radius 1 is 1.25 bits per heavy atom. The summed E-state index contributed by atoms with van der Waals surface area (Å²) in [6.45, 7) is -1.67. The molecule has 1 rings (SSSR count). The maximum atomic E-state index is 11.7. The molecule has 110 valence electrons. The largest absolute Gasteiger partial charge is 0.414 e. The monoisotopic (exact) mass is 309 g/mol. The van der Waals surface area contributed by atoms with Crippen LogP contribution in [0.5, 0.6) is 0 Å². The van der Waals surface area contributed by atoms with Gasteiger partial charge in [0.25, 0.3) is 5.91 Å². The molecule has 0 atom stereocenters. The highest BCUT2D eigenvalue weighted by molar-refractivity contribution is 7.94. The Hall–Kier alpha value is -1.87. The number of amides is 1. The van der Waals surface area contributed by atoms with Crippen molar-refractivity contribution in [3.63, 3.8) is 0 Å². The number of alkyl halides is 3. The van der Waals surface area contributed by atoms with Crippen molar-refractivity contribution < 1.29 is 31.2 Å². The van der Waals surface area contributed by atoms with Crippen molar-refractivity contribution in [3.8, 4) is 0 Å². The highest BCUT2D eigenvalue weighted by Crippen LogP contribution is 2.13. The highest BCUT2D eigenvalue weighted by Gasteiger charge is 2.28. The molecule has 1 N–H and O–H groups in total. The third-order valence-electron chi connectivity index (χ3n) is 1.88. The molecule has 0 saturated carbocycles. The second-order valence-electron chi connectivity index (χ2n) is 3.53. The number of sulfone groups is 1. The minimum absolute atomic E-state index is 0.0414. The van der Waals surface area contributed by atoms with Gasteiger partial charge in [-0.05, 0) is 12.1 Å². The highest BCUT2D eigenvalue weighted by atomic mass is 32.2. The summed E-state index contributed by atoms with van der Waals surface area (Å²) in [6.07, 6.45) is -4.02. The van der Waals surface area contributed by atoms with Crippen molar-refractivity contribution in [1.29, 1.82) is 0 Å². The van der Waals surface area contributed by atoms with Crippen LogP contribution in [0.1, 0.15) is 0 Å². The average Bonchev–Trinajstić information content (AvgIpc) is 2.36. The molecular formula is C11H10F3NO4S. The Morgan fingerprint density at radius 3 is 2.40 bits per heavy atom. The Labute approximate surface area is 112 Å². The lowest BCUT2D eigenvalue weighted by Gasteiger charge is -2.06. The zero-order chi connectivity index (χ0) is 15.2. The molecule has 0 aliphatic carbocycles. The zero-order valence-corrected chi connectivity index (χ0v) is 10.7. The zero-order valence-electron chi connectivity index (χ0n) is 9.92. The van der Waals surface area contributed by atoms with E-state index in [0.29, 0.717) is 11.5 Å². The molecule has 9 heteroatoms. The second-order valence-corrected chi connectivity index (χ2v) is 5.36. The minimum Gasteiger partial charge on any atom is -0.268 e. The van der Waals surface area contributed by atoms with Crippen molar-refractivity contribution in [2.45, 2.75) is 11.1 Å². The quantitative estimate of drug-likeness (QED) is 0.662. The number of rotatable bonds is 5. The van der Waals surface area contributed by atoms with Gasteiger partial charge in [0.05, 0.1) is 4.90 Å². The summed E-state index contributed by atoms with van der Waals surface area (Å²) in [5, 5.41) is 0.578. The molecule has 0 spiro atoms. The molecule has 0 bridgehead atoms. The van der Waals surface area contributed by atoms with E-state index in [-0.39, 0.29) is 4.90 Å². The van der Waals surface area contributed by atoms with Crippen molar-refractivity contribution in [2.75, 3.05) is 6.61 Å². The fraction of sp³-hybridized carbons (Fsp3) is 0.182. The van der Waals surface area contributed by atoms with Gasteiger partial charge in [0, 0.05) is 11.5 Å². The van der Waals surface area contributed by atoms with Crippen LogP contribution in [0.25, 0.3) is 0 Å². The van der Waals surface area contributed by atoms with Gasteiger partial charge in [-0.2, -0.15) is 13.2 Å². The number of carbonyl (C=O) groups is 1. The number of halogens is 3. The van der Waals surface area contributed by atoms with Crippen molar-refractivity contribution >= 4 is 15.7 Å². The van der Waals surface area contributed by atoms with Crippen LogP contribution in [-0.4, -0.2) is 27.1 Å². The summed E-state index contributed by atoms with van der Waals surface area (Å²) < 4.78 is 58.5. The second kappa shape index (κ2) is 6.53. The molecule has 1 aromatic carbocycles. The first kappa shape index (κ1) is 16.2. The van der Waals surface area contributed by atoms with E-state index in [4.69, 9.17) is 0 Å². The lowest BCUT2D eigenvalue weighted by atomic mass is 10.4. The van der Waals surface area contributed by atoms with Crippen LogP contribution in [0.15, 0.2) is 46.7 Å². The molecule has 0 aliphatic heterocycles. The number of nitrogens with one attached hydrogen (secondary N) is 1. The van der Waals surface area contributed by atoms with E-state index in [1.807, 2.05) is 0 Å². The van der Waals surface area contributed by atoms with Gasteiger partial charge in [0.15, 0.2) is 16.4 Å². The summed E-state index contributed by atoms with van der Waals surface area (Å²) in [6, 6.07) is 7.23. The third-order valence-corrected chi connectivity index (χ3v) is 3.30. The van der Waals surface area contributed by atoms with Gasteiger partial charge in [0.2, 0.25) is 0 Å². The molecule has 5 nitrogen and oxygen atoms in total. The Bertz CT molecular complexity index is 581. The predicted octanol–water partition coefficient (Wildman–Crippen LogP) is 1.58. The first-order valence-electron chi connectivity index (χ1n) is 5.17. The van der Waals surface area contributed by atoms with Crippen LogP contribution in [0.4, 0.5) is 13.2 Å². The fourth-order valence-electron chi connectivity index (χ4n) is 1.06. The lowest BCUT2D eigenvalue weighted by molar-refractivity contribution is -0.190. The van der Waals surface area contributed by atoms with Gasteiger partial charge >= 0.3 is 6.18 Å². The molecule has 0 unspecified atom stereocenters. The van der Waals surface area contributed by atoms with Crippen LogP contribution >= 0.6 is 0 Å². The summed E-state index contributed by atoms with van der Waals surface area (Å²) in [7, 11) is -3.83. The van der Waals surface area contributed by atoms with E-state index in [1.165, 1.54) is 29.7 Å². The van der Waals surface area contributed by atoms with Gasteiger partial charge in [0.1, 0.15) is 0 Å². The molecule has 0 heterocycles. The Balaban J connectivity index is 2.57. The fourth-order valence-corrected chi connectivity index (χ4v) is 2.06. The molecule has 0 aromatic heterocycles. The SMILES string of the molecule is O=C(/C=C/S(=O)(=O)c1ccccc1)NOCC(F)(F)F. The number of hydrogen-bond acceptors (Lipinski definition) is 4. The minimum atomic E-state index is -4.59. The van der Waals surface area contributed by atoms with Crippen LogP contribution in [0.3, 0.4) is 0 Å². The maximum Gasteiger partial charge on any atom is 0.414 e. The van der Waals surface area contributed by atoms with E-state index < -0.39 is 28.5 Å². The summed E-state index contributed by atoms with van der Waals surface area (Å²) >= 11 is 0. The van der Waals surface area contributed by atoms with Gasteiger partial charge in [-0.15, -0.1) is 0 Å². The smallest absolute Gasteiger partial charge is 0.268 e. The standard InChI is InChI=1S/C11H10F3NO4S/c12-11(13,14)8-19-15-10(16)6-7-20(17,18)9-4-2-1-3-5-9/h1-7H,8H2,(H,15,16)/b7-6+. The number of hydroxylamine groups is 1. The summed E-state index contributed by atoms with van der Waals surface area (Å²) in [5.74, 6) is -1.12. The van der Waals surface area contributed by atoms with Crippen LogP contribution in [0, 0.1) is 0 Å². The Morgan fingerprint density at radius 2 is 1.85 bits per heavy atom. The Kier molecular flexibility index (Phi) is 5.28. The van der Waals surface area contributed by atoms with Gasteiger partial charge in [-0.1, -0.05) is 18.2 Å². The van der Waals surface area contributed by atoms with Crippen molar-refractivity contribution in [1.82, 2.24) is 5.48 Å². The number of hydrogen-bond donors (Lipinski definition) is 1. The molecule has 0 radical (unpaired) electrons. The van der Waals surface area contributed by atoms with E-state index in [9.17, 15) is 26.4 Å². The molecule has 1 aromatic rings. The summed E-state index contributed by atoms with van der Waals surface area (Å²) in [4.78, 5) is 14.9. The topological polar surface area (TPSA) is 72.5 Å². The first-order valence-corrected chi connectivity index (χ1v) is 6.72. The molecule has 0 aliphatic rings. The lowest BCUT2D eigenvalue weighted by Crippen LogP contribution is -2.28. The van der Waals surface area contributed by atoms with Crippen molar-refractivity contribution in [3.05, 3.63) is 41.8 Å². The van der Waals surface area contributed by atoms with Gasteiger partial charge in [-0.25, -0.2) is 13.9 Å². The van der Waals surface area contributed by atoms with E-state index in [1.54, 1.807) is 6.07 Å². The molecular weight excluding hydrogens is 299 g/mol. The number of carbonyl (C=O) groups excluding carboxylic acids is 1. The average molecular weight is 309 g/mol. The molecule has 20 heavy (non-hydrogen) atoms. The normalized spacial score (nSPS) is 12.6. The van der Waals surface area contributed by atoms with E-state index in [0.717, 1.165) is 0 Å². The molecule has 0 fully saturated rings. The molecule has 0 saturated heterocycles. The summed E-state index contributed by atoms with van der Waals surface area (Å²) in [5.41, 5.74) is 1.45. The van der Waals surface area contributed by atoms with Crippen LogP contribution in [-0.2, 0) is 19.5 Å². The van der Waals surface area contributed by atoms with Crippen LogP contribution < -0.4 is 5.48 Å². The van der Waals surface area contributed by atoms with E-state index in [2.05, 4.69) is 4.84 Å². The number of benzene rings is 1. The van der Waals surface area contributed by atoms with Crippen molar-refractivity contribution in [2.24, 2.45) is 0 Å². The predicted molar refractivity (Wildman–Crippen MR) is 62.9 cm³/mol. The van der Waals surface area contributed by atoms with E-state index >= 15 is 0 Å². The maximum absolute atomic E-state index is 11.7. The van der Waals surface area contributed by atoms with Gasteiger partial charge < -0.3 is 0 Å². The first-order chi connectivity index (χ1) is 9.21. The van der Waals surface area contributed by atoms with Crippen LogP contribution in [0.2, 0.25) is 0 Å². The third kappa shape index (κ3) is 5.85. The molecule has 1 amide bonds. The van der Waals surface area contributed by atoms with Gasteiger partial charge in [-0.3, -0.25) is 9.63 Å².